The van der Waals surface area contributed by atoms with Gasteiger partial charge in [-0.05, 0) is 24.6 Å². The number of hydrogen-bond donors (Lipinski definition) is 2. The van der Waals surface area contributed by atoms with E-state index in [9.17, 15) is 4.79 Å². The number of aromatic nitrogens is 1. The van der Waals surface area contributed by atoms with Crippen molar-refractivity contribution < 1.29 is 4.79 Å². The average molecular weight is 274 g/mol. The molecule has 2 atom stereocenters. The van der Waals surface area contributed by atoms with Crippen LogP contribution >= 0.6 is 11.3 Å². The number of nitrogens with one attached hydrogen (secondary N) is 1. The van der Waals surface area contributed by atoms with Gasteiger partial charge < -0.3 is 16.0 Å². The second kappa shape index (κ2) is 3.91. The number of anilines is 1. The first-order chi connectivity index (χ1) is 9.22. The number of carbonyl (C=O) groups is 1. The first-order valence-corrected chi connectivity index (χ1v) is 7.24. The number of rotatable bonds is 2. The molecule has 0 aliphatic carbocycles. The number of carbonyl (C=O) groups excluding carboxylic acids is 1. The molecule has 6 heteroatoms. The lowest BCUT2D eigenvalue weighted by Crippen LogP contribution is -2.59. The van der Waals surface area contributed by atoms with Gasteiger partial charge in [0.05, 0.1) is 10.9 Å². The van der Waals surface area contributed by atoms with E-state index in [1.54, 1.807) is 0 Å². The van der Waals surface area contributed by atoms with Gasteiger partial charge in [0.25, 0.3) is 5.91 Å². The smallest absolute Gasteiger partial charge is 0.258 e. The van der Waals surface area contributed by atoms with Gasteiger partial charge in [0.15, 0.2) is 0 Å². The first-order valence-electron chi connectivity index (χ1n) is 6.43. The summed E-state index contributed by atoms with van der Waals surface area (Å²) in [5.41, 5.74) is 5.31. The fourth-order valence-electron chi connectivity index (χ4n) is 2.93. The van der Waals surface area contributed by atoms with Crippen LogP contribution in [0.1, 0.15) is 16.1 Å². The van der Waals surface area contributed by atoms with Crippen molar-refractivity contribution in [2.45, 2.75) is 18.5 Å². The quantitative estimate of drug-likeness (QED) is 0.855. The summed E-state index contributed by atoms with van der Waals surface area (Å²) in [6.45, 7) is 2.09. The monoisotopic (exact) mass is 274 g/mol. The van der Waals surface area contributed by atoms with E-state index in [4.69, 9.17) is 5.73 Å². The molecule has 2 fully saturated rings. The minimum Gasteiger partial charge on any atom is -0.365 e. The highest BCUT2D eigenvalue weighted by Crippen LogP contribution is 2.31. The van der Waals surface area contributed by atoms with E-state index < -0.39 is 0 Å². The lowest BCUT2D eigenvalue weighted by Gasteiger charge is -2.37. The van der Waals surface area contributed by atoms with Crippen LogP contribution < -0.4 is 16.0 Å². The topological polar surface area (TPSA) is 71.2 Å². The minimum absolute atomic E-state index is 0.381. The van der Waals surface area contributed by atoms with Crippen LogP contribution in [0.15, 0.2) is 18.2 Å². The number of pyridine rings is 1. The molecule has 2 aromatic rings. The van der Waals surface area contributed by atoms with Crippen molar-refractivity contribution in [1.82, 2.24) is 10.3 Å². The van der Waals surface area contributed by atoms with Gasteiger partial charge in [-0.15, -0.1) is 11.3 Å². The predicted octanol–water partition coefficient (Wildman–Crippen LogP) is 0.946. The van der Waals surface area contributed by atoms with E-state index in [1.807, 2.05) is 18.2 Å². The van der Waals surface area contributed by atoms with Gasteiger partial charge >= 0.3 is 0 Å². The molecule has 2 unspecified atom stereocenters. The van der Waals surface area contributed by atoms with Gasteiger partial charge in [-0.2, -0.15) is 0 Å². The fraction of sp³-hybridized carbons (Fsp3) is 0.385. The highest BCUT2D eigenvalue weighted by molar-refractivity contribution is 7.20. The molecule has 0 saturated carbocycles. The maximum absolute atomic E-state index is 11.2. The van der Waals surface area contributed by atoms with Gasteiger partial charge in [-0.25, -0.2) is 4.98 Å². The van der Waals surface area contributed by atoms with E-state index in [0.29, 0.717) is 17.0 Å². The largest absolute Gasteiger partial charge is 0.365 e. The number of thiophene rings is 1. The summed E-state index contributed by atoms with van der Waals surface area (Å²) in [5.74, 6) is 0.633. The van der Waals surface area contributed by atoms with Crippen LogP contribution in [0.3, 0.4) is 0 Å². The van der Waals surface area contributed by atoms with E-state index >= 15 is 0 Å². The maximum Gasteiger partial charge on any atom is 0.258 e. The normalized spacial score (nSPS) is 25.4. The van der Waals surface area contributed by atoms with Crippen molar-refractivity contribution >= 4 is 33.3 Å². The lowest BCUT2D eigenvalue weighted by molar-refractivity contribution is 0.100. The second-order valence-electron chi connectivity index (χ2n) is 5.10. The number of hydrogen-bond acceptors (Lipinski definition) is 5. The summed E-state index contributed by atoms with van der Waals surface area (Å²) in [5, 5.41) is 4.43. The molecule has 2 saturated heterocycles. The minimum atomic E-state index is -0.381. The van der Waals surface area contributed by atoms with Crippen LogP contribution in [0.5, 0.6) is 0 Å². The molecule has 0 spiro atoms. The molecule has 4 rings (SSSR count). The highest BCUT2D eigenvalue weighted by Gasteiger charge is 2.41. The van der Waals surface area contributed by atoms with Crippen molar-refractivity contribution in [1.29, 1.82) is 0 Å². The molecule has 0 bridgehead atoms. The van der Waals surface area contributed by atoms with Gasteiger partial charge in [-0.1, -0.05) is 0 Å². The van der Waals surface area contributed by atoms with Gasteiger partial charge in [0, 0.05) is 24.5 Å². The van der Waals surface area contributed by atoms with Crippen LogP contribution in [-0.2, 0) is 0 Å². The van der Waals surface area contributed by atoms with Crippen LogP contribution in [0.2, 0.25) is 0 Å². The lowest BCUT2D eigenvalue weighted by atomic mass is 10.0. The summed E-state index contributed by atoms with van der Waals surface area (Å²) >= 11 is 1.37. The molecule has 0 radical (unpaired) electrons. The molecule has 3 N–H and O–H groups in total. The molecule has 98 valence electrons. The number of fused-ring (bicyclic) bond motifs is 2. The molecule has 4 heterocycles. The van der Waals surface area contributed by atoms with Crippen molar-refractivity contribution in [3.8, 4) is 0 Å². The van der Waals surface area contributed by atoms with E-state index in [2.05, 4.69) is 15.2 Å². The van der Waals surface area contributed by atoms with Crippen molar-refractivity contribution in [3.63, 3.8) is 0 Å². The molecule has 19 heavy (non-hydrogen) atoms. The molecule has 5 nitrogen and oxygen atoms in total. The molecule has 2 aromatic heterocycles. The first kappa shape index (κ1) is 11.2. The Morgan fingerprint density at radius 2 is 2.42 bits per heavy atom. The Balaban J connectivity index is 1.73. The van der Waals surface area contributed by atoms with E-state index in [0.717, 1.165) is 29.1 Å². The average Bonchev–Trinajstić information content (AvgIpc) is 2.89. The third-order valence-electron chi connectivity index (χ3n) is 4.04. The Morgan fingerprint density at radius 3 is 3.11 bits per heavy atom. The predicted molar refractivity (Wildman–Crippen MR) is 75.7 cm³/mol. The second-order valence-corrected chi connectivity index (χ2v) is 6.13. The Morgan fingerprint density at radius 1 is 1.53 bits per heavy atom. The number of nitrogens with zero attached hydrogens (tertiary/aromatic N) is 2. The van der Waals surface area contributed by atoms with E-state index in [1.165, 1.54) is 17.8 Å². The van der Waals surface area contributed by atoms with E-state index in [-0.39, 0.29) is 5.91 Å². The molecular weight excluding hydrogens is 260 g/mol. The summed E-state index contributed by atoms with van der Waals surface area (Å²) in [7, 11) is 0. The van der Waals surface area contributed by atoms with Crippen LogP contribution in [0.4, 0.5) is 5.82 Å². The third kappa shape index (κ3) is 1.63. The van der Waals surface area contributed by atoms with Crippen LogP contribution in [0, 0.1) is 0 Å². The SMILES string of the molecule is NC(=O)c1cc2ccc(N3CCC4NCC43)nc2s1. The summed E-state index contributed by atoms with van der Waals surface area (Å²) in [6.07, 6.45) is 1.18. The Kier molecular flexibility index (Phi) is 2.31. The zero-order valence-electron chi connectivity index (χ0n) is 10.3. The molecular formula is C13H14N4OS. The zero-order valence-corrected chi connectivity index (χ0v) is 11.1. The Labute approximate surface area is 114 Å². The summed E-state index contributed by atoms with van der Waals surface area (Å²) in [4.78, 5) is 19.7. The summed E-state index contributed by atoms with van der Waals surface area (Å²) < 4.78 is 0. The van der Waals surface area contributed by atoms with Crippen molar-refractivity contribution in [3.05, 3.63) is 23.1 Å². The van der Waals surface area contributed by atoms with Gasteiger partial charge in [0.2, 0.25) is 0 Å². The van der Waals surface area contributed by atoms with Crippen LogP contribution in [0.25, 0.3) is 10.2 Å². The fourth-order valence-corrected chi connectivity index (χ4v) is 3.81. The number of nitrogens with two attached hydrogens (primary N) is 1. The Hall–Kier alpha value is -1.66. The van der Waals surface area contributed by atoms with Crippen molar-refractivity contribution in [2.24, 2.45) is 5.73 Å². The molecule has 2 aliphatic heterocycles. The molecule has 1 amide bonds. The Bertz CT molecular complexity index is 668. The van der Waals surface area contributed by atoms with Crippen LogP contribution in [-0.4, -0.2) is 36.1 Å². The maximum atomic E-state index is 11.2. The molecule has 2 aliphatic rings. The zero-order chi connectivity index (χ0) is 13.0. The van der Waals surface area contributed by atoms with Crippen molar-refractivity contribution in [2.75, 3.05) is 18.0 Å². The number of primary amides is 1. The number of amides is 1. The van der Waals surface area contributed by atoms with Gasteiger partial charge in [-0.3, -0.25) is 4.79 Å². The third-order valence-corrected chi connectivity index (χ3v) is 5.10. The molecule has 0 aromatic carbocycles. The highest BCUT2D eigenvalue weighted by atomic mass is 32.1. The summed E-state index contributed by atoms with van der Waals surface area (Å²) in [6, 6.07) is 7.10. The standard InChI is InChI=1S/C13H14N4OS/c14-12(18)10-5-7-1-2-11(16-13(7)19-10)17-4-3-8-9(17)6-15-8/h1-2,5,8-9,15H,3-4,6H2,(H2,14,18). The van der Waals surface area contributed by atoms with Gasteiger partial charge in [0.1, 0.15) is 10.6 Å².